The molecular formula is C16H30N4. The van der Waals surface area contributed by atoms with Gasteiger partial charge in [0.2, 0.25) is 0 Å². The minimum atomic E-state index is 0.500. The first kappa shape index (κ1) is 15.5. The van der Waals surface area contributed by atoms with Gasteiger partial charge in [-0.05, 0) is 25.3 Å². The topological polar surface area (TPSA) is 33.1 Å². The maximum atomic E-state index is 4.72. The molecule has 1 aliphatic heterocycles. The quantitative estimate of drug-likeness (QED) is 0.868. The highest BCUT2D eigenvalue weighted by molar-refractivity contribution is 5.00. The molecule has 4 heteroatoms. The van der Waals surface area contributed by atoms with E-state index in [-0.39, 0.29) is 0 Å². The minimum Gasteiger partial charge on any atom is -0.311 e. The molecule has 0 bridgehead atoms. The third kappa shape index (κ3) is 3.83. The molecule has 2 rings (SSSR count). The molecule has 20 heavy (non-hydrogen) atoms. The molecule has 114 valence electrons. The summed E-state index contributed by atoms with van der Waals surface area (Å²) in [6, 6.07) is 3.30. The van der Waals surface area contributed by atoms with Crippen LogP contribution in [0.15, 0.2) is 12.3 Å². The van der Waals surface area contributed by atoms with Crippen molar-refractivity contribution < 1.29 is 0 Å². The lowest BCUT2D eigenvalue weighted by atomic mass is 9.97. The van der Waals surface area contributed by atoms with Gasteiger partial charge in [-0.15, -0.1) is 0 Å². The molecule has 1 aliphatic rings. The zero-order valence-corrected chi connectivity index (χ0v) is 13.5. The number of nitrogens with zero attached hydrogens (tertiary/aromatic N) is 3. The van der Waals surface area contributed by atoms with Crippen molar-refractivity contribution in [3.8, 4) is 0 Å². The third-order valence-electron chi connectivity index (χ3n) is 4.71. The predicted octanol–water partition coefficient (Wildman–Crippen LogP) is 2.67. The first-order valence-electron chi connectivity index (χ1n) is 8.13. The summed E-state index contributed by atoms with van der Waals surface area (Å²) in [5, 5.41) is 8.37. The summed E-state index contributed by atoms with van der Waals surface area (Å²) in [6.45, 7) is 13.4. The zero-order valence-electron chi connectivity index (χ0n) is 13.5. The summed E-state index contributed by atoms with van der Waals surface area (Å²) >= 11 is 0. The Hall–Kier alpha value is -0.870. The zero-order chi connectivity index (χ0) is 14.5. The van der Waals surface area contributed by atoms with E-state index in [1.807, 2.05) is 0 Å². The van der Waals surface area contributed by atoms with Crippen molar-refractivity contribution in [1.29, 1.82) is 0 Å². The van der Waals surface area contributed by atoms with Gasteiger partial charge >= 0.3 is 0 Å². The maximum Gasteiger partial charge on any atom is 0.0764 e. The molecule has 0 radical (unpaired) electrons. The van der Waals surface area contributed by atoms with Crippen molar-refractivity contribution in [2.24, 2.45) is 5.92 Å². The molecule has 1 fully saturated rings. The van der Waals surface area contributed by atoms with Crippen LogP contribution in [0, 0.1) is 5.92 Å². The van der Waals surface area contributed by atoms with Crippen molar-refractivity contribution in [1.82, 2.24) is 20.0 Å². The number of hydrogen-bond donors (Lipinski definition) is 1. The molecule has 0 aliphatic carbocycles. The summed E-state index contributed by atoms with van der Waals surface area (Å²) in [6.07, 6.45) is 4.50. The summed E-state index contributed by atoms with van der Waals surface area (Å²) < 4.78 is 2.10. The fraction of sp³-hybridized carbons (Fsp3) is 0.812. The van der Waals surface area contributed by atoms with Gasteiger partial charge in [-0.3, -0.25) is 9.58 Å². The first-order chi connectivity index (χ1) is 9.63. The lowest BCUT2D eigenvalue weighted by Crippen LogP contribution is -2.52. The smallest absolute Gasteiger partial charge is 0.0764 e. The Bertz CT molecular complexity index is 401. The van der Waals surface area contributed by atoms with Gasteiger partial charge in [0.1, 0.15) is 0 Å². The van der Waals surface area contributed by atoms with Crippen LogP contribution in [0.3, 0.4) is 0 Å². The van der Waals surface area contributed by atoms with Crippen LogP contribution in [0.1, 0.15) is 52.3 Å². The van der Waals surface area contributed by atoms with Crippen LogP contribution in [0.25, 0.3) is 0 Å². The summed E-state index contributed by atoms with van der Waals surface area (Å²) in [5.41, 5.74) is 1.20. The highest BCUT2D eigenvalue weighted by Crippen LogP contribution is 2.15. The van der Waals surface area contributed by atoms with Crippen LogP contribution in [0.4, 0.5) is 0 Å². The van der Waals surface area contributed by atoms with Crippen LogP contribution >= 0.6 is 0 Å². The second kappa shape index (κ2) is 7.23. The van der Waals surface area contributed by atoms with Crippen LogP contribution in [0.2, 0.25) is 0 Å². The van der Waals surface area contributed by atoms with E-state index < -0.39 is 0 Å². The van der Waals surface area contributed by atoms with Gasteiger partial charge in [0.25, 0.3) is 0 Å². The summed E-state index contributed by atoms with van der Waals surface area (Å²) in [4.78, 5) is 2.54. The standard InChI is InChI=1S/C16H30N4/c1-5-13(3)16-12-19(10-8-17-16)11-15-7-9-20(18-15)14(4)6-2/h7,9,13-14,16-17H,5-6,8,10-12H2,1-4H3. The lowest BCUT2D eigenvalue weighted by molar-refractivity contribution is 0.160. The van der Waals surface area contributed by atoms with Crippen LogP contribution in [-0.2, 0) is 6.54 Å². The fourth-order valence-electron chi connectivity index (χ4n) is 2.77. The van der Waals surface area contributed by atoms with E-state index in [1.54, 1.807) is 0 Å². The molecule has 0 amide bonds. The molecule has 3 unspecified atom stereocenters. The Kier molecular flexibility index (Phi) is 5.61. The molecule has 1 aromatic heterocycles. The van der Waals surface area contributed by atoms with Crippen LogP contribution in [-0.4, -0.2) is 40.4 Å². The molecule has 1 aromatic rings. The minimum absolute atomic E-state index is 0.500. The van der Waals surface area contributed by atoms with E-state index in [0.29, 0.717) is 12.1 Å². The molecular weight excluding hydrogens is 248 g/mol. The van der Waals surface area contributed by atoms with E-state index in [1.165, 1.54) is 12.1 Å². The number of rotatable bonds is 6. The van der Waals surface area contributed by atoms with Crippen LogP contribution < -0.4 is 5.32 Å². The third-order valence-corrected chi connectivity index (χ3v) is 4.71. The van der Waals surface area contributed by atoms with E-state index in [4.69, 9.17) is 5.10 Å². The molecule has 2 heterocycles. The van der Waals surface area contributed by atoms with E-state index in [9.17, 15) is 0 Å². The highest BCUT2D eigenvalue weighted by atomic mass is 15.3. The summed E-state index contributed by atoms with van der Waals surface area (Å²) in [7, 11) is 0. The monoisotopic (exact) mass is 278 g/mol. The second-order valence-corrected chi connectivity index (χ2v) is 6.23. The predicted molar refractivity (Wildman–Crippen MR) is 83.8 cm³/mol. The Morgan fingerprint density at radius 1 is 1.35 bits per heavy atom. The van der Waals surface area contributed by atoms with Gasteiger partial charge in [0.05, 0.1) is 5.69 Å². The van der Waals surface area contributed by atoms with E-state index >= 15 is 0 Å². The lowest BCUT2D eigenvalue weighted by Gasteiger charge is -2.36. The molecule has 1 N–H and O–H groups in total. The second-order valence-electron chi connectivity index (χ2n) is 6.23. The maximum absolute atomic E-state index is 4.72. The number of hydrogen-bond acceptors (Lipinski definition) is 3. The largest absolute Gasteiger partial charge is 0.311 e. The SMILES string of the molecule is CCC(C)C1CN(Cc2ccn(C(C)CC)n2)CCN1. The Labute approximate surface area is 123 Å². The number of aromatic nitrogens is 2. The van der Waals surface area contributed by atoms with Crippen molar-refractivity contribution in [2.45, 2.75) is 59.2 Å². The molecule has 1 saturated heterocycles. The molecule has 0 spiro atoms. The van der Waals surface area contributed by atoms with Crippen molar-refractivity contribution >= 4 is 0 Å². The van der Waals surface area contributed by atoms with Gasteiger partial charge in [0, 0.05) is 44.5 Å². The first-order valence-corrected chi connectivity index (χ1v) is 8.13. The van der Waals surface area contributed by atoms with Gasteiger partial charge in [-0.25, -0.2) is 0 Å². The molecule has 3 atom stereocenters. The van der Waals surface area contributed by atoms with E-state index in [0.717, 1.165) is 38.5 Å². The van der Waals surface area contributed by atoms with Gasteiger partial charge in [0.15, 0.2) is 0 Å². The van der Waals surface area contributed by atoms with Crippen molar-refractivity contribution in [3.05, 3.63) is 18.0 Å². The van der Waals surface area contributed by atoms with Gasteiger partial charge in [-0.1, -0.05) is 27.2 Å². The Balaban J connectivity index is 1.91. The van der Waals surface area contributed by atoms with Crippen molar-refractivity contribution in [2.75, 3.05) is 19.6 Å². The Morgan fingerprint density at radius 2 is 2.15 bits per heavy atom. The fourth-order valence-corrected chi connectivity index (χ4v) is 2.77. The summed E-state index contributed by atoms with van der Waals surface area (Å²) in [5.74, 6) is 0.746. The molecule has 4 nitrogen and oxygen atoms in total. The molecule has 0 aromatic carbocycles. The number of piperazine rings is 1. The Morgan fingerprint density at radius 3 is 2.85 bits per heavy atom. The highest BCUT2D eigenvalue weighted by Gasteiger charge is 2.23. The van der Waals surface area contributed by atoms with Crippen molar-refractivity contribution in [3.63, 3.8) is 0 Å². The average molecular weight is 278 g/mol. The van der Waals surface area contributed by atoms with Gasteiger partial charge < -0.3 is 5.32 Å². The molecule has 0 saturated carbocycles. The number of nitrogens with one attached hydrogen (secondary N) is 1. The average Bonchev–Trinajstić information content (AvgIpc) is 2.94. The normalized spacial score (nSPS) is 23.7. The van der Waals surface area contributed by atoms with Crippen LogP contribution in [0.5, 0.6) is 0 Å². The van der Waals surface area contributed by atoms with Gasteiger partial charge in [-0.2, -0.15) is 5.10 Å². The van der Waals surface area contributed by atoms with E-state index in [2.05, 4.69) is 54.9 Å².